The Morgan fingerprint density at radius 3 is 2.39 bits per heavy atom. The molecule has 2 heterocycles. The Morgan fingerprint density at radius 1 is 0.972 bits per heavy atom. The number of carbonyl (C=O) groups excluding carboxylic acids is 1. The van der Waals surface area contributed by atoms with E-state index in [2.05, 4.69) is 11.1 Å². The van der Waals surface area contributed by atoms with Crippen LogP contribution in [0.4, 0.5) is 0 Å². The van der Waals surface area contributed by atoms with Gasteiger partial charge in [-0.05, 0) is 42.5 Å². The lowest BCUT2D eigenvalue weighted by Gasteiger charge is -2.11. The van der Waals surface area contributed by atoms with E-state index in [1.54, 1.807) is 41.8 Å². The molecule has 0 bridgehead atoms. The molecule has 0 saturated carbocycles. The van der Waals surface area contributed by atoms with Crippen molar-refractivity contribution in [1.29, 1.82) is 5.26 Å². The highest BCUT2D eigenvalue weighted by Gasteiger charge is 2.31. The Hall–Kier alpha value is -4.90. The summed E-state index contributed by atoms with van der Waals surface area (Å²) < 4.78 is 14.3. The first kappa shape index (κ1) is 22.9. The zero-order valence-electron chi connectivity index (χ0n) is 20.0. The van der Waals surface area contributed by atoms with Gasteiger partial charge in [-0.15, -0.1) is 0 Å². The summed E-state index contributed by atoms with van der Waals surface area (Å²) >= 11 is 0. The van der Waals surface area contributed by atoms with E-state index >= 15 is 0 Å². The van der Waals surface area contributed by atoms with Crippen molar-refractivity contribution in [1.82, 2.24) is 19.3 Å². The number of imidazole rings is 1. The van der Waals surface area contributed by atoms with Crippen LogP contribution in [0.1, 0.15) is 22.1 Å². The van der Waals surface area contributed by atoms with Crippen LogP contribution >= 0.6 is 0 Å². The number of rotatable bonds is 7. The molecule has 0 saturated heterocycles. The highest BCUT2D eigenvalue weighted by molar-refractivity contribution is 6.07. The molecular formula is C28H23N5O3. The third-order valence-corrected chi connectivity index (χ3v) is 6.13. The number of Topliss-reactive ketones (excluding diaryl/α,β-unsaturated/α-hetero) is 1. The van der Waals surface area contributed by atoms with Crippen molar-refractivity contribution in [3.63, 3.8) is 0 Å². The standard InChI is InChI=1S/C28H23N5O3/c1-32-23-12-8-7-11-22(23)30-28(32)20(16-29)27(34)21-17-33(19-9-5-4-6-10-19)31-26(21)18-13-14-24(35-2)25(15-18)36-3/h4-15,17,20H,1-3H3. The molecule has 1 atom stereocenters. The molecule has 8 heteroatoms. The lowest BCUT2D eigenvalue weighted by Crippen LogP contribution is -2.16. The van der Waals surface area contributed by atoms with Crippen LogP contribution in [0.25, 0.3) is 28.0 Å². The lowest BCUT2D eigenvalue weighted by molar-refractivity contribution is 0.0976. The lowest BCUT2D eigenvalue weighted by atomic mass is 9.96. The minimum Gasteiger partial charge on any atom is -0.493 e. The van der Waals surface area contributed by atoms with Crippen molar-refractivity contribution in [2.75, 3.05) is 14.2 Å². The summed E-state index contributed by atoms with van der Waals surface area (Å²) in [5.41, 5.74) is 3.76. The number of carbonyl (C=O) groups is 1. The topological polar surface area (TPSA) is 95.0 Å². The Kier molecular flexibility index (Phi) is 5.97. The van der Waals surface area contributed by atoms with E-state index in [-0.39, 0.29) is 5.78 Å². The molecule has 0 spiro atoms. The fourth-order valence-corrected chi connectivity index (χ4v) is 4.28. The molecule has 0 aliphatic carbocycles. The smallest absolute Gasteiger partial charge is 0.191 e. The van der Waals surface area contributed by atoms with E-state index in [0.717, 1.165) is 16.7 Å². The molecule has 5 aromatic rings. The van der Waals surface area contributed by atoms with Crippen molar-refractivity contribution >= 4 is 16.8 Å². The first-order chi connectivity index (χ1) is 17.5. The number of hydrogen-bond donors (Lipinski definition) is 0. The minimum absolute atomic E-state index is 0.310. The molecule has 0 amide bonds. The highest BCUT2D eigenvalue weighted by atomic mass is 16.5. The molecule has 0 radical (unpaired) electrons. The summed E-state index contributed by atoms with van der Waals surface area (Å²) in [6.07, 6.45) is 1.66. The van der Waals surface area contributed by atoms with E-state index in [4.69, 9.17) is 14.6 Å². The fourth-order valence-electron chi connectivity index (χ4n) is 4.28. The summed E-state index contributed by atoms with van der Waals surface area (Å²) in [7, 11) is 4.92. The molecule has 0 aliphatic rings. The van der Waals surface area contributed by atoms with Crippen molar-refractivity contribution in [3.8, 4) is 34.5 Å². The van der Waals surface area contributed by atoms with Crippen molar-refractivity contribution in [2.45, 2.75) is 5.92 Å². The Bertz CT molecular complexity index is 1610. The largest absolute Gasteiger partial charge is 0.493 e. The van der Waals surface area contributed by atoms with Crippen LogP contribution in [0, 0.1) is 11.3 Å². The number of fused-ring (bicyclic) bond motifs is 1. The summed E-state index contributed by atoms with van der Waals surface area (Å²) in [6.45, 7) is 0. The molecule has 5 rings (SSSR count). The number of ketones is 1. The molecule has 3 aromatic carbocycles. The number of benzene rings is 3. The van der Waals surface area contributed by atoms with Gasteiger partial charge in [-0.3, -0.25) is 4.79 Å². The van der Waals surface area contributed by atoms with Gasteiger partial charge in [-0.1, -0.05) is 30.3 Å². The number of para-hydroxylation sites is 3. The van der Waals surface area contributed by atoms with Crippen LogP contribution in [-0.4, -0.2) is 39.3 Å². The maximum Gasteiger partial charge on any atom is 0.191 e. The van der Waals surface area contributed by atoms with E-state index in [0.29, 0.717) is 34.1 Å². The number of ether oxygens (including phenoxy) is 2. The van der Waals surface area contributed by atoms with E-state index < -0.39 is 5.92 Å². The monoisotopic (exact) mass is 477 g/mol. The van der Waals surface area contributed by atoms with Gasteiger partial charge in [0, 0.05) is 18.8 Å². The quantitative estimate of drug-likeness (QED) is 0.308. The second kappa shape index (κ2) is 9.39. The predicted octanol–water partition coefficient (Wildman–Crippen LogP) is 4.93. The number of methoxy groups -OCH3 is 2. The number of hydrogen-bond acceptors (Lipinski definition) is 6. The van der Waals surface area contributed by atoms with Crippen molar-refractivity contribution in [3.05, 3.63) is 90.4 Å². The van der Waals surface area contributed by atoms with Gasteiger partial charge in [-0.2, -0.15) is 10.4 Å². The van der Waals surface area contributed by atoms with Crippen LogP contribution in [0.2, 0.25) is 0 Å². The predicted molar refractivity (Wildman–Crippen MR) is 136 cm³/mol. The second-order valence-corrected chi connectivity index (χ2v) is 8.19. The maximum absolute atomic E-state index is 13.9. The molecule has 0 aliphatic heterocycles. The van der Waals surface area contributed by atoms with Gasteiger partial charge in [0.1, 0.15) is 11.5 Å². The normalized spacial score (nSPS) is 11.7. The Labute approximate surface area is 208 Å². The van der Waals surface area contributed by atoms with Crippen LogP contribution in [0.15, 0.2) is 79.0 Å². The highest BCUT2D eigenvalue weighted by Crippen LogP contribution is 2.35. The second-order valence-electron chi connectivity index (χ2n) is 8.19. The zero-order valence-corrected chi connectivity index (χ0v) is 20.0. The SMILES string of the molecule is COc1ccc(-c2nn(-c3ccccc3)cc2C(=O)C(C#N)c2nc3ccccc3n2C)cc1OC. The molecule has 178 valence electrons. The first-order valence-electron chi connectivity index (χ1n) is 11.3. The number of nitriles is 1. The van der Waals surface area contributed by atoms with Gasteiger partial charge >= 0.3 is 0 Å². The average Bonchev–Trinajstić information content (AvgIpc) is 3.51. The third kappa shape index (κ3) is 3.87. The van der Waals surface area contributed by atoms with Crippen LogP contribution < -0.4 is 9.47 Å². The summed E-state index contributed by atoms with van der Waals surface area (Å²) in [5.74, 6) is -0.0481. The molecule has 8 nitrogen and oxygen atoms in total. The van der Waals surface area contributed by atoms with Crippen LogP contribution in [0.5, 0.6) is 11.5 Å². The maximum atomic E-state index is 13.9. The fraction of sp³-hybridized carbons (Fsp3) is 0.143. The molecule has 2 aromatic heterocycles. The van der Waals surface area contributed by atoms with Gasteiger partial charge in [-0.25, -0.2) is 9.67 Å². The summed E-state index contributed by atoms with van der Waals surface area (Å²) in [4.78, 5) is 18.5. The summed E-state index contributed by atoms with van der Waals surface area (Å²) in [5, 5.41) is 14.8. The van der Waals surface area contributed by atoms with Gasteiger partial charge in [0.25, 0.3) is 0 Å². The van der Waals surface area contributed by atoms with Gasteiger partial charge in [0.2, 0.25) is 0 Å². The van der Waals surface area contributed by atoms with Crippen molar-refractivity contribution < 1.29 is 14.3 Å². The van der Waals surface area contributed by atoms with E-state index in [9.17, 15) is 10.1 Å². The number of aryl methyl sites for hydroxylation is 1. The average molecular weight is 478 g/mol. The van der Waals surface area contributed by atoms with E-state index in [1.165, 1.54) is 0 Å². The summed E-state index contributed by atoms with van der Waals surface area (Å²) in [6, 6.07) is 24.5. The minimum atomic E-state index is -1.12. The van der Waals surface area contributed by atoms with Gasteiger partial charge in [0.05, 0.1) is 42.6 Å². The number of aromatic nitrogens is 4. The Balaban J connectivity index is 1.67. The van der Waals surface area contributed by atoms with Crippen LogP contribution in [0.3, 0.4) is 0 Å². The van der Waals surface area contributed by atoms with Crippen LogP contribution in [-0.2, 0) is 7.05 Å². The van der Waals surface area contributed by atoms with Gasteiger partial charge < -0.3 is 14.0 Å². The van der Waals surface area contributed by atoms with Gasteiger partial charge in [0.15, 0.2) is 23.2 Å². The van der Waals surface area contributed by atoms with E-state index in [1.807, 2.05) is 67.7 Å². The Morgan fingerprint density at radius 2 is 1.69 bits per heavy atom. The zero-order chi connectivity index (χ0) is 25.2. The first-order valence-corrected chi connectivity index (χ1v) is 11.3. The number of nitrogens with zero attached hydrogens (tertiary/aromatic N) is 5. The molecule has 0 fully saturated rings. The molecule has 1 unspecified atom stereocenters. The third-order valence-electron chi connectivity index (χ3n) is 6.13. The van der Waals surface area contributed by atoms with Crippen molar-refractivity contribution in [2.24, 2.45) is 7.05 Å². The molecular weight excluding hydrogens is 454 g/mol. The molecule has 0 N–H and O–H groups in total. The molecule has 36 heavy (non-hydrogen) atoms.